The summed E-state index contributed by atoms with van der Waals surface area (Å²) in [6, 6.07) is 6.67. The van der Waals surface area contributed by atoms with E-state index in [1.165, 1.54) is 48.9 Å². The number of aliphatic hydroxyl groups is 1. The van der Waals surface area contributed by atoms with Gasteiger partial charge in [-0.05, 0) is 37.6 Å². The first-order valence-corrected chi connectivity index (χ1v) is 11.5. The third kappa shape index (κ3) is 5.79. The van der Waals surface area contributed by atoms with Crippen LogP contribution in [0.4, 0.5) is 0 Å². The summed E-state index contributed by atoms with van der Waals surface area (Å²) >= 11 is 0. The van der Waals surface area contributed by atoms with Gasteiger partial charge in [0.2, 0.25) is 0 Å². The molecule has 2 N–H and O–H groups in total. The van der Waals surface area contributed by atoms with Crippen LogP contribution in [0.25, 0.3) is 0 Å². The Bertz CT molecular complexity index is 834. The average Bonchev–Trinajstić information content (AvgIpc) is 3.26. The number of benzene rings is 1. The molecule has 0 spiro atoms. The zero-order chi connectivity index (χ0) is 21.6. The lowest BCUT2D eigenvalue weighted by Crippen LogP contribution is -2.40. The van der Waals surface area contributed by atoms with Crippen LogP contribution in [0.3, 0.4) is 0 Å². The Kier molecular flexibility index (Phi) is 7.48. The summed E-state index contributed by atoms with van der Waals surface area (Å²) in [7, 11) is 3.78. The van der Waals surface area contributed by atoms with Gasteiger partial charge < -0.3 is 19.5 Å². The van der Waals surface area contributed by atoms with Gasteiger partial charge in [0.05, 0.1) is 13.3 Å². The fourth-order valence-electron chi connectivity index (χ4n) is 4.85. The van der Waals surface area contributed by atoms with E-state index in [9.17, 15) is 5.11 Å². The number of aromatic nitrogens is 2. The molecule has 7 heteroatoms. The molecule has 1 aliphatic carbocycles. The number of aliphatic hydroxyl groups excluding tert-OH is 1. The molecule has 1 aromatic carbocycles. The number of methoxy groups -OCH3 is 1. The summed E-state index contributed by atoms with van der Waals surface area (Å²) in [6.07, 6.45) is 8.81. The van der Waals surface area contributed by atoms with Crippen molar-refractivity contribution in [1.29, 1.82) is 0 Å². The third-order valence-electron chi connectivity index (χ3n) is 6.64. The first-order valence-electron chi connectivity index (χ1n) is 11.5. The lowest BCUT2D eigenvalue weighted by atomic mass is 9.94. The van der Waals surface area contributed by atoms with Crippen LogP contribution in [-0.2, 0) is 19.5 Å². The van der Waals surface area contributed by atoms with Gasteiger partial charge in [-0.25, -0.2) is 0 Å². The van der Waals surface area contributed by atoms with Gasteiger partial charge in [-0.2, -0.15) is 5.10 Å². The van der Waals surface area contributed by atoms with Gasteiger partial charge >= 0.3 is 0 Å². The lowest BCUT2D eigenvalue weighted by molar-refractivity contribution is 0.0553. The van der Waals surface area contributed by atoms with Crippen molar-refractivity contribution >= 4 is 0 Å². The van der Waals surface area contributed by atoms with Gasteiger partial charge in [-0.3, -0.25) is 10.00 Å². The molecule has 1 aliphatic heterocycles. The first kappa shape index (κ1) is 22.1. The normalized spacial score (nSPS) is 18.7. The van der Waals surface area contributed by atoms with Crippen molar-refractivity contribution in [3.63, 3.8) is 0 Å². The van der Waals surface area contributed by atoms with Crippen molar-refractivity contribution in [3.05, 3.63) is 41.2 Å². The van der Waals surface area contributed by atoms with Crippen LogP contribution in [0.15, 0.2) is 24.4 Å². The zero-order valence-corrected chi connectivity index (χ0v) is 18.8. The largest absolute Gasteiger partial charge is 0.493 e. The third-order valence-corrected chi connectivity index (χ3v) is 6.64. The van der Waals surface area contributed by atoms with Gasteiger partial charge in [-0.1, -0.05) is 25.3 Å². The molecule has 170 valence electrons. The molecule has 4 rings (SSSR count). The molecule has 1 fully saturated rings. The Morgan fingerprint density at radius 2 is 2.10 bits per heavy atom. The van der Waals surface area contributed by atoms with E-state index in [4.69, 9.17) is 9.47 Å². The van der Waals surface area contributed by atoms with Crippen LogP contribution in [0.1, 0.15) is 48.9 Å². The second kappa shape index (κ2) is 10.5. The highest BCUT2D eigenvalue weighted by Gasteiger charge is 2.21. The van der Waals surface area contributed by atoms with E-state index >= 15 is 0 Å². The van der Waals surface area contributed by atoms with Crippen molar-refractivity contribution in [1.82, 2.24) is 20.0 Å². The summed E-state index contributed by atoms with van der Waals surface area (Å²) in [6.45, 7) is 3.68. The van der Waals surface area contributed by atoms with Crippen molar-refractivity contribution < 1.29 is 14.6 Å². The molecule has 0 radical (unpaired) electrons. The van der Waals surface area contributed by atoms with Crippen molar-refractivity contribution in [2.45, 2.75) is 63.8 Å². The molecular weight excluding hydrogens is 392 g/mol. The van der Waals surface area contributed by atoms with Crippen LogP contribution in [0, 0.1) is 0 Å². The van der Waals surface area contributed by atoms with E-state index in [1.54, 1.807) is 7.11 Å². The fraction of sp³-hybridized carbons (Fsp3) is 0.625. The molecule has 0 bridgehead atoms. The Morgan fingerprint density at radius 3 is 2.90 bits per heavy atom. The van der Waals surface area contributed by atoms with Gasteiger partial charge in [0.1, 0.15) is 12.7 Å². The summed E-state index contributed by atoms with van der Waals surface area (Å²) in [4.78, 5) is 4.70. The van der Waals surface area contributed by atoms with E-state index in [0.29, 0.717) is 24.1 Å². The molecule has 2 aromatic rings. The van der Waals surface area contributed by atoms with Gasteiger partial charge in [-0.15, -0.1) is 0 Å². The standard InChI is InChI=1S/C24H36N4O3/c1-27(20-6-4-3-5-7-20)16-21(29)17-31-23-9-8-18(12-24(23)30-2)14-28-11-10-22-19(15-28)13-25-26-22/h8-9,12-13,20-21,29H,3-7,10-11,14-17H2,1-2H3,(H,25,26). The topological polar surface area (TPSA) is 73.8 Å². The summed E-state index contributed by atoms with van der Waals surface area (Å²) in [5, 5.41) is 17.7. The second-order valence-corrected chi connectivity index (χ2v) is 9.02. The lowest BCUT2D eigenvalue weighted by Gasteiger charge is -2.32. The summed E-state index contributed by atoms with van der Waals surface area (Å²) in [5.74, 6) is 1.40. The SMILES string of the molecule is COc1cc(CN2CCc3[nH]ncc3C2)ccc1OCC(O)CN(C)C1CCCCC1. The smallest absolute Gasteiger partial charge is 0.161 e. The molecule has 0 amide bonds. The minimum absolute atomic E-state index is 0.266. The molecule has 1 saturated carbocycles. The monoisotopic (exact) mass is 428 g/mol. The van der Waals surface area contributed by atoms with Crippen LogP contribution >= 0.6 is 0 Å². The van der Waals surface area contributed by atoms with Crippen molar-refractivity contribution in [3.8, 4) is 11.5 Å². The highest BCUT2D eigenvalue weighted by Crippen LogP contribution is 2.29. The Hall–Kier alpha value is -2.09. The van der Waals surface area contributed by atoms with E-state index in [0.717, 1.165) is 26.1 Å². The van der Waals surface area contributed by atoms with E-state index < -0.39 is 6.10 Å². The predicted octanol–water partition coefficient (Wildman–Crippen LogP) is 2.98. The van der Waals surface area contributed by atoms with Crippen LogP contribution in [0.2, 0.25) is 0 Å². The van der Waals surface area contributed by atoms with Crippen LogP contribution in [-0.4, -0.2) is 71.1 Å². The Labute approximate surface area is 185 Å². The van der Waals surface area contributed by atoms with E-state index in [2.05, 4.69) is 33.1 Å². The molecule has 2 heterocycles. The Morgan fingerprint density at radius 1 is 1.26 bits per heavy atom. The molecule has 0 saturated heterocycles. The highest BCUT2D eigenvalue weighted by atomic mass is 16.5. The molecule has 1 aromatic heterocycles. The summed E-state index contributed by atoms with van der Waals surface area (Å²) < 4.78 is 11.5. The van der Waals surface area contributed by atoms with Crippen molar-refractivity contribution in [2.24, 2.45) is 0 Å². The molecule has 7 nitrogen and oxygen atoms in total. The average molecular weight is 429 g/mol. The number of nitrogens with one attached hydrogen (secondary N) is 1. The highest BCUT2D eigenvalue weighted by molar-refractivity contribution is 5.43. The fourth-order valence-corrected chi connectivity index (χ4v) is 4.85. The Balaban J connectivity index is 1.28. The predicted molar refractivity (Wildman–Crippen MR) is 120 cm³/mol. The minimum atomic E-state index is -0.520. The number of likely N-dealkylation sites (N-methyl/N-ethyl adjacent to an activating group) is 1. The van der Waals surface area contributed by atoms with Gasteiger partial charge in [0.15, 0.2) is 11.5 Å². The van der Waals surface area contributed by atoms with Gasteiger partial charge in [0, 0.05) is 49.9 Å². The number of nitrogens with zero attached hydrogens (tertiary/aromatic N) is 3. The zero-order valence-electron chi connectivity index (χ0n) is 18.8. The van der Waals surface area contributed by atoms with E-state index in [1.807, 2.05) is 18.3 Å². The number of rotatable bonds is 9. The maximum Gasteiger partial charge on any atom is 0.161 e. The maximum atomic E-state index is 10.5. The van der Waals surface area contributed by atoms with Crippen molar-refractivity contribution in [2.75, 3.05) is 33.9 Å². The van der Waals surface area contributed by atoms with E-state index in [-0.39, 0.29) is 6.61 Å². The second-order valence-electron chi connectivity index (χ2n) is 9.02. The molecule has 1 atom stereocenters. The molecular formula is C24H36N4O3. The number of hydrogen-bond acceptors (Lipinski definition) is 6. The minimum Gasteiger partial charge on any atom is -0.493 e. The maximum absolute atomic E-state index is 10.5. The quantitative estimate of drug-likeness (QED) is 0.640. The number of aromatic amines is 1. The number of H-pyrrole nitrogens is 1. The summed E-state index contributed by atoms with van der Waals surface area (Å²) in [5.41, 5.74) is 3.73. The first-order chi connectivity index (χ1) is 15.1. The van der Waals surface area contributed by atoms with Crippen LogP contribution < -0.4 is 9.47 Å². The number of fused-ring (bicyclic) bond motifs is 1. The molecule has 2 aliphatic rings. The van der Waals surface area contributed by atoms with Gasteiger partial charge in [0.25, 0.3) is 0 Å². The molecule has 31 heavy (non-hydrogen) atoms. The number of hydrogen-bond donors (Lipinski definition) is 2. The van der Waals surface area contributed by atoms with Crippen LogP contribution in [0.5, 0.6) is 11.5 Å². The number of ether oxygens (including phenoxy) is 2. The molecule has 1 unspecified atom stereocenters.